The zero-order chi connectivity index (χ0) is 18.3. The standard InChI is InChI=1S/C19H19ClN4O2/c1-11-8-12(2)18(9-16(11)20)26-10-15-14(13-6-7-13)4-3-5-17(15)24-19(25)21-22-23-24/h3-5,8-9,13H,6-7,10H2,1-2H3,(H,21,23,25). The number of nitrogens with one attached hydrogen (secondary N) is 1. The normalized spacial score (nSPS) is 13.8. The average Bonchev–Trinajstić information content (AvgIpc) is 3.38. The molecule has 3 aromatic rings. The molecule has 0 saturated heterocycles. The lowest BCUT2D eigenvalue weighted by molar-refractivity contribution is 0.302. The Hall–Kier alpha value is -2.60. The van der Waals surface area contributed by atoms with Gasteiger partial charge >= 0.3 is 5.69 Å². The molecule has 1 aromatic heterocycles. The van der Waals surface area contributed by atoms with Crippen LogP contribution in [0.4, 0.5) is 0 Å². The second-order valence-corrected chi connectivity index (χ2v) is 7.10. The second-order valence-electron chi connectivity index (χ2n) is 6.69. The van der Waals surface area contributed by atoms with E-state index in [-0.39, 0.29) is 5.69 Å². The Kier molecular flexibility index (Phi) is 4.28. The van der Waals surface area contributed by atoms with Gasteiger partial charge in [-0.2, -0.15) is 4.68 Å². The van der Waals surface area contributed by atoms with Crippen LogP contribution in [0.1, 0.15) is 41.0 Å². The Balaban J connectivity index is 1.72. The van der Waals surface area contributed by atoms with Gasteiger partial charge in [0.2, 0.25) is 0 Å². The molecular weight excluding hydrogens is 352 g/mol. The van der Waals surface area contributed by atoms with Crippen LogP contribution in [-0.2, 0) is 6.61 Å². The smallest absolute Gasteiger partial charge is 0.365 e. The summed E-state index contributed by atoms with van der Waals surface area (Å²) < 4.78 is 7.37. The number of halogens is 1. The molecule has 6 nitrogen and oxygen atoms in total. The van der Waals surface area contributed by atoms with E-state index in [0.717, 1.165) is 35.3 Å². The fourth-order valence-corrected chi connectivity index (χ4v) is 3.35. The minimum atomic E-state index is -0.367. The molecule has 7 heteroatoms. The van der Waals surface area contributed by atoms with E-state index >= 15 is 0 Å². The molecule has 26 heavy (non-hydrogen) atoms. The summed E-state index contributed by atoms with van der Waals surface area (Å²) in [6.07, 6.45) is 2.30. The first-order chi connectivity index (χ1) is 12.5. The maximum atomic E-state index is 12.0. The SMILES string of the molecule is Cc1cc(C)c(OCc2c(C3CC3)cccc2-n2nn[nH]c2=O)cc1Cl. The zero-order valence-corrected chi connectivity index (χ0v) is 15.4. The highest BCUT2D eigenvalue weighted by molar-refractivity contribution is 6.31. The first-order valence-corrected chi connectivity index (χ1v) is 8.94. The van der Waals surface area contributed by atoms with E-state index in [4.69, 9.17) is 16.3 Å². The molecule has 1 fully saturated rings. The van der Waals surface area contributed by atoms with Crippen molar-refractivity contribution in [2.75, 3.05) is 0 Å². The van der Waals surface area contributed by atoms with E-state index in [1.807, 2.05) is 38.1 Å². The number of benzene rings is 2. The molecule has 1 heterocycles. The number of aryl methyl sites for hydroxylation is 2. The van der Waals surface area contributed by atoms with E-state index in [0.29, 0.717) is 23.2 Å². The second kappa shape index (κ2) is 6.61. The lowest BCUT2D eigenvalue weighted by Gasteiger charge is -2.16. The maximum absolute atomic E-state index is 12.0. The summed E-state index contributed by atoms with van der Waals surface area (Å²) >= 11 is 6.24. The number of tetrazole rings is 1. The molecule has 1 aliphatic rings. The van der Waals surface area contributed by atoms with Gasteiger partial charge in [-0.3, -0.25) is 0 Å². The molecule has 0 bridgehead atoms. The summed E-state index contributed by atoms with van der Waals surface area (Å²) in [5.74, 6) is 1.25. The van der Waals surface area contributed by atoms with Crippen LogP contribution in [0.2, 0.25) is 5.02 Å². The Morgan fingerprint density at radius 1 is 1.27 bits per heavy atom. The highest BCUT2D eigenvalue weighted by atomic mass is 35.5. The lowest BCUT2D eigenvalue weighted by atomic mass is 10.0. The van der Waals surface area contributed by atoms with Crippen molar-refractivity contribution >= 4 is 11.6 Å². The topological polar surface area (TPSA) is 72.8 Å². The molecule has 0 amide bonds. The molecule has 0 aliphatic heterocycles. The van der Waals surface area contributed by atoms with E-state index in [9.17, 15) is 4.79 Å². The predicted octanol–water partition coefficient (Wildman–Crippen LogP) is 3.68. The van der Waals surface area contributed by atoms with Crippen LogP contribution in [0.15, 0.2) is 35.1 Å². The minimum absolute atomic E-state index is 0.335. The van der Waals surface area contributed by atoms with Gasteiger partial charge in [-0.15, -0.1) is 0 Å². The fraction of sp³-hybridized carbons (Fsp3) is 0.316. The number of hydrogen-bond donors (Lipinski definition) is 1. The third kappa shape index (κ3) is 3.12. The highest BCUT2D eigenvalue weighted by Crippen LogP contribution is 2.43. The van der Waals surface area contributed by atoms with Crippen molar-refractivity contribution in [3.8, 4) is 11.4 Å². The van der Waals surface area contributed by atoms with Crippen LogP contribution in [0.5, 0.6) is 5.75 Å². The maximum Gasteiger partial charge on any atom is 0.365 e. The molecule has 1 saturated carbocycles. The minimum Gasteiger partial charge on any atom is -0.488 e. The molecule has 2 aromatic carbocycles. The fourth-order valence-electron chi connectivity index (χ4n) is 3.19. The predicted molar refractivity (Wildman–Crippen MR) is 99.2 cm³/mol. The third-order valence-corrected chi connectivity index (χ3v) is 5.14. The number of aromatic nitrogens is 4. The summed E-state index contributed by atoms with van der Waals surface area (Å²) in [7, 11) is 0. The Bertz CT molecular complexity index is 1020. The Morgan fingerprint density at radius 3 is 2.77 bits per heavy atom. The van der Waals surface area contributed by atoms with Crippen molar-refractivity contribution in [1.82, 2.24) is 20.2 Å². The molecular formula is C19H19ClN4O2. The molecule has 0 atom stereocenters. The molecule has 0 radical (unpaired) electrons. The number of aromatic amines is 1. The van der Waals surface area contributed by atoms with Gasteiger partial charge in [-0.25, -0.2) is 9.89 Å². The first kappa shape index (κ1) is 16.8. The largest absolute Gasteiger partial charge is 0.488 e. The molecule has 1 N–H and O–H groups in total. The van der Waals surface area contributed by atoms with Crippen LogP contribution in [-0.4, -0.2) is 20.2 Å². The van der Waals surface area contributed by atoms with Crippen LogP contribution in [0.3, 0.4) is 0 Å². The number of rotatable bonds is 5. The van der Waals surface area contributed by atoms with Crippen molar-refractivity contribution < 1.29 is 4.74 Å². The van der Waals surface area contributed by atoms with Crippen LogP contribution in [0.25, 0.3) is 5.69 Å². The quantitative estimate of drug-likeness (QED) is 0.743. The van der Waals surface area contributed by atoms with Gasteiger partial charge in [0.05, 0.1) is 5.69 Å². The number of H-pyrrole nitrogens is 1. The van der Waals surface area contributed by atoms with Crippen molar-refractivity contribution in [2.45, 2.75) is 39.2 Å². The summed E-state index contributed by atoms with van der Waals surface area (Å²) in [5, 5.41) is 10.5. The third-order valence-electron chi connectivity index (χ3n) is 4.73. The Morgan fingerprint density at radius 2 is 2.08 bits per heavy atom. The number of ether oxygens (including phenoxy) is 1. The molecule has 0 unspecified atom stereocenters. The number of hydrogen-bond acceptors (Lipinski definition) is 4. The van der Waals surface area contributed by atoms with Crippen molar-refractivity contribution in [3.63, 3.8) is 0 Å². The van der Waals surface area contributed by atoms with Crippen LogP contribution < -0.4 is 10.4 Å². The monoisotopic (exact) mass is 370 g/mol. The van der Waals surface area contributed by atoms with E-state index in [1.165, 1.54) is 10.2 Å². The first-order valence-electron chi connectivity index (χ1n) is 8.56. The summed E-state index contributed by atoms with van der Waals surface area (Å²) in [6, 6.07) is 9.76. The molecule has 4 rings (SSSR count). The summed E-state index contributed by atoms with van der Waals surface area (Å²) in [6.45, 7) is 4.30. The lowest BCUT2D eigenvalue weighted by Crippen LogP contribution is -2.19. The molecule has 0 spiro atoms. The van der Waals surface area contributed by atoms with Crippen LogP contribution >= 0.6 is 11.6 Å². The van der Waals surface area contributed by atoms with Crippen molar-refractivity contribution in [3.05, 3.63) is 68.1 Å². The van der Waals surface area contributed by atoms with E-state index in [2.05, 4.69) is 21.6 Å². The van der Waals surface area contributed by atoms with Gasteiger partial charge in [0.1, 0.15) is 12.4 Å². The zero-order valence-electron chi connectivity index (χ0n) is 14.6. The van der Waals surface area contributed by atoms with E-state index in [1.54, 1.807) is 0 Å². The summed E-state index contributed by atoms with van der Waals surface area (Å²) in [4.78, 5) is 12.0. The number of nitrogens with zero attached hydrogens (tertiary/aromatic N) is 3. The van der Waals surface area contributed by atoms with Gasteiger partial charge in [0.15, 0.2) is 0 Å². The van der Waals surface area contributed by atoms with Crippen LogP contribution in [0, 0.1) is 13.8 Å². The van der Waals surface area contributed by atoms with Crippen molar-refractivity contribution in [2.24, 2.45) is 0 Å². The van der Waals surface area contributed by atoms with Gasteiger partial charge in [-0.1, -0.05) is 29.8 Å². The van der Waals surface area contributed by atoms with E-state index < -0.39 is 0 Å². The van der Waals surface area contributed by atoms with Gasteiger partial charge in [0, 0.05) is 10.6 Å². The molecule has 134 valence electrons. The Labute approximate surface area is 155 Å². The summed E-state index contributed by atoms with van der Waals surface area (Å²) in [5.41, 5.74) is 4.54. The van der Waals surface area contributed by atoms with Crippen molar-refractivity contribution in [1.29, 1.82) is 0 Å². The van der Waals surface area contributed by atoms with Gasteiger partial charge in [-0.05, 0) is 71.9 Å². The molecule has 1 aliphatic carbocycles. The highest BCUT2D eigenvalue weighted by Gasteiger charge is 2.28. The van der Waals surface area contributed by atoms with Gasteiger partial charge in [0.25, 0.3) is 0 Å². The van der Waals surface area contributed by atoms with Gasteiger partial charge < -0.3 is 4.74 Å². The average molecular weight is 371 g/mol.